The molecule has 0 atom stereocenters. The first-order valence-electron chi connectivity index (χ1n) is 6.57. The lowest BCUT2D eigenvalue weighted by Gasteiger charge is -2.24. The molecule has 102 valence electrons. The molecule has 1 heterocycles. The van der Waals surface area contributed by atoms with Gasteiger partial charge in [-0.1, -0.05) is 29.3 Å². The number of amides is 1. The van der Waals surface area contributed by atoms with Gasteiger partial charge in [0.15, 0.2) is 0 Å². The number of carbonyl (C=O) groups is 1. The molecule has 1 amide bonds. The molecule has 0 fully saturated rings. The van der Waals surface area contributed by atoms with E-state index in [2.05, 4.69) is 41.4 Å². The molecule has 0 spiro atoms. The van der Waals surface area contributed by atoms with E-state index in [1.807, 2.05) is 12.1 Å². The van der Waals surface area contributed by atoms with E-state index in [1.165, 1.54) is 5.56 Å². The van der Waals surface area contributed by atoms with Gasteiger partial charge in [-0.3, -0.25) is 4.79 Å². The van der Waals surface area contributed by atoms with Gasteiger partial charge in [0, 0.05) is 23.7 Å². The summed E-state index contributed by atoms with van der Waals surface area (Å²) in [6.07, 6.45) is 0.459. The quantitative estimate of drug-likeness (QED) is 0.855. The Kier molecular flexibility index (Phi) is 3.36. The second-order valence-electron chi connectivity index (χ2n) is 4.95. The number of nitrogens with zero attached hydrogens (tertiary/aromatic N) is 1. The van der Waals surface area contributed by atoms with Crippen molar-refractivity contribution in [3.8, 4) is 0 Å². The van der Waals surface area contributed by atoms with Crippen molar-refractivity contribution < 1.29 is 4.79 Å². The summed E-state index contributed by atoms with van der Waals surface area (Å²) in [6, 6.07) is 13.8. The van der Waals surface area contributed by atoms with Crippen LogP contribution in [0.25, 0.3) is 0 Å². The Hall–Kier alpha value is -2.00. The number of rotatable bonds is 1. The molecule has 0 aliphatic carbocycles. The lowest BCUT2D eigenvalue weighted by Crippen LogP contribution is -2.18. The van der Waals surface area contributed by atoms with Gasteiger partial charge in [0.2, 0.25) is 5.91 Å². The van der Waals surface area contributed by atoms with Gasteiger partial charge < -0.3 is 10.2 Å². The maximum absolute atomic E-state index is 11.8. The summed E-state index contributed by atoms with van der Waals surface area (Å²) in [4.78, 5) is 13.9. The van der Waals surface area contributed by atoms with Crippen LogP contribution in [0.5, 0.6) is 0 Å². The molecule has 3 nitrogen and oxygen atoms in total. The number of hydrogen-bond donors (Lipinski definition) is 1. The van der Waals surface area contributed by atoms with Crippen molar-refractivity contribution in [2.75, 3.05) is 16.8 Å². The fourth-order valence-electron chi connectivity index (χ4n) is 2.37. The van der Waals surface area contributed by atoms with Crippen LogP contribution in [-0.4, -0.2) is 12.5 Å². The number of hydrogen-bond acceptors (Lipinski definition) is 2. The molecule has 1 aliphatic rings. The third-order valence-corrected chi connectivity index (χ3v) is 3.67. The summed E-state index contributed by atoms with van der Waals surface area (Å²) in [5.41, 5.74) is 4.02. The number of halogens is 1. The van der Waals surface area contributed by atoms with E-state index in [0.717, 1.165) is 17.1 Å². The Bertz CT molecular complexity index is 652. The largest absolute Gasteiger partial charge is 0.339 e. The Morgan fingerprint density at radius 3 is 2.65 bits per heavy atom. The number of nitrogens with one attached hydrogen (secondary N) is 1. The van der Waals surface area contributed by atoms with E-state index in [1.54, 1.807) is 6.07 Å². The number of fused-ring (bicyclic) bond motifs is 1. The first-order chi connectivity index (χ1) is 9.63. The van der Waals surface area contributed by atoms with Crippen molar-refractivity contribution in [2.45, 2.75) is 13.3 Å². The molecule has 2 aromatic rings. The lowest BCUT2D eigenvalue weighted by atomic mass is 10.2. The molecule has 0 saturated heterocycles. The van der Waals surface area contributed by atoms with Crippen molar-refractivity contribution in [3.63, 3.8) is 0 Å². The SMILES string of the molecule is Cc1ccc(N2CCC(=O)Nc3ccc(Cl)cc32)cc1. The van der Waals surface area contributed by atoms with Crippen molar-refractivity contribution in [1.82, 2.24) is 0 Å². The van der Waals surface area contributed by atoms with Crippen LogP contribution in [0.1, 0.15) is 12.0 Å². The third-order valence-electron chi connectivity index (χ3n) is 3.43. The second kappa shape index (κ2) is 5.17. The fraction of sp³-hybridized carbons (Fsp3) is 0.188. The monoisotopic (exact) mass is 286 g/mol. The van der Waals surface area contributed by atoms with Crippen molar-refractivity contribution >= 4 is 34.6 Å². The highest BCUT2D eigenvalue weighted by atomic mass is 35.5. The smallest absolute Gasteiger partial charge is 0.226 e. The minimum atomic E-state index is 0.0307. The molecule has 20 heavy (non-hydrogen) atoms. The minimum absolute atomic E-state index is 0.0307. The van der Waals surface area contributed by atoms with Gasteiger partial charge in [-0.25, -0.2) is 0 Å². The molecule has 0 saturated carbocycles. The molecule has 4 heteroatoms. The standard InChI is InChI=1S/C16H15ClN2O/c1-11-2-5-13(6-3-11)19-9-8-16(20)18-14-7-4-12(17)10-15(14)19/h2-7,10H,8-9H2,1H3,(H,18,20). The molecular weight excluding hydrogens is 272 g/mol. The van der Waals surface area contributed by atoms with Crippen LogP contribution in [-0.2, 0) is 4.79 Å². The van der Waals surface area contributed by atoms with Crippen LogP contribution in [0, 0.1) is 6.92 Å². The van der Waals surface area contributed by atoms with E-state index in [-0.39, 0.29) is 5.91 Å². The predicted molar refractivity (Wildman–Crippen MR) is 82.9 cm³/mol. The highest BCUT2D eigenvalue weighted by molar-refractivity contribution is 6.31. The summed E-state index contributed by atoms with van der Waals surface area (Å²) in [6.45, 7) is 2.70. The van der Waals surface area contributed by atoms with E-state index in [4.69, 9.17) is 11.6 Å². The maximum atomic E-state index is 11.8. The zero-order chi connectivity index (χ0) is 14.1. The van der Waals surface area contributed by atoms with Crippen LogP contribution in [0.15, 0.2) is 42.5 Å². The predicted octanol–water partition coefficient (Wildman–Crippen LogP) is 4.13. The van der Waals surface area contributed by atoms with Gasteiger partial charge in [-0.2, -0.15) is 0 Å². The van der Waals surface area contributed by atoms with Gasteiger partial charge in [-0.05, 0) is 37.3 Å². The summed E-state index contributed by atoms with van der Waals surface area (Å²) < 4.78 is 0. The topological polar surface area (TPSA) is 32.3 Å². The van der Waals surface area contributed by atoms with Crippen LogP contribution in [0.3, 0.4) is 0 Å². The van der Waals surface area contributed by atoms with Gasteiger partial charge in [-0.15, -0.1) is 0 Å². The number of benzene rings is 2. The van der Waals surface area contributed by atoms with E-state index >= 15 is 0 Å². The molecule has 0 radical (unpaired) electrons. The first-order valence-corrected chi connectivity index (χ1v) is 6.95. The summed E-state index contributed by atoms with van der Waals surface area (Å²) in [5, 5.41) is 3.59. The van der Waals surface area contributed by atoms with Crippen LogP contribution < -0.4 is 10.2 Å². The van der Waals surface area contributed by atoms with Crippen molar-refractivity contribution in [1.29, 1.82) is 0 Å². The fourth-order valence-corrected chi connectivity index (χ4v) is 2.54. The Balaban J connectivity index is 2.09. The lowest BCUT2D eigenvalue weighted by molar-refractivity contribution is -0.115. The molecular formula is C16H15ClN2O. The maximum Gasteiger partial charge on any atom is 0.226 e. The highest BCUT2D eigenvalue weighted by Crippen LogP contribution is 2.36. The van der Waals surface area contributed by atoms with Gasteiger partial charge >= 0.3 is 0 Å². The first kappa shape index (κ1) is 13.0. The molecule has 0 aromatic heterocycles. The zero-order valence-corrected chi connectivity index (χ0v) is 11.9. The zero-order valence-electron chi connectivity index (χ0n) is 11.2. The molecule has 0 unspecified atom stereocenters. The Morgan fingerprint density at radius 2 is 1.90 bits per heavy atom. The number of carbonyl (C=O) groups excluding carboxylic acids is 1. The van der Waals surface area contributed by atoms with E-state index in [9.17, 15) is 4.79 Å². The molecule has 3 rings (SSSR count). The normalized spacial score (nSPS) is 14.5. The van der Waals surface area contributed by atoms with Gasteiger partial charge in [0.25, 0.3) is 0 Å². The van der Waals surface area contributed by atoms with Crippen molar-refractivity contribution in [3.05, 3.63) is 53.1 Å². The van der Waals surface area contributed by atoms with Gasteiger partial charge in [0.1, 0.15) is 0 Å². The molecule has 2 aromatic carbocycles. The molecule has 1 N–H and O–H groups in total. The molecule has 0 bridgehead atoms. The van der Waals surface area contributed by atoms with Crippen LogP contribution in [0.2, 0.25) is 5.02 Å². The summed E-state index contributed by atoms with van der Waals surface area (Å²) >= 11 is 6.10. The van der Waals surface area contributed by atoms with Crippen molar-refractivity contribution in [2.24, 2.45) is 0 Å². The number of aryl methyl sites for hydroxylation is 1. The van der Waals surface area contributed by atoms with Crippen LogP contribution in [0.4, 0.5) is 17.1 Å². The summed E-state index contributed by atoms with van der Waals surface area (Å²) in [7, 11) is 0. The highest BCUT2D eigenvalue weighted by Gasteiger charge is 2.20. The number of anilines is 3. The van der Waals surface area contributed by atoms with Gasteiger partial charge in [0.05, 0.1) is 11.4 Å². The second-order valence-corrected chi connectivity index (χ2v) is 5.38. The average molecular weight is 287 g/mol. The average Bonchev–Trinajstić information content (AvgIpc) is 2.58. The Labute approximate surface area is 123 Å². The Morgan fingerprint density at radius 1 is 1.15 bits per heavy atom. The summed E-state index contributed by atoms with van der Waals surface area (Å²) in [5.74, 6) is 0.0307. The molecule has 1 aliphatic heterocycles. The third kappa shape index (κ3) is 2.49. The van der Waals surface area contributed by atoms with E-state index < -0.39 is 0 Å². The van der Waals surface area contributed by atoms with Crippen LogP contribution >= 0.6 is 11.6 Å². The van der Waals surface area contributed by atoms with E-state index in [0.29, 0.717) is 18.0 Å². The minimum Gasteiger partial charge on any atom is -0.339 e.